The fourth-order valence-corrected chi connectivity index (χ4v) is 3.00. The smallest absolute Gasteiger partial charge is 0.335 e. The van der Waals surface area contributed by atoms with Crippen LogP contribution >= 0.6 is 0 Å². The SMILES string of the molecule is Cc1ccc(S(=O)(=O)Nc2cc(C(=O)O)ccc2OCC(F)F)cc1. The summed E-state index contributed by atoms with van der Waals surface area (Å²) in [6.07, 6.45) is -2.76. The van der Waals surface area contributed by atoms with Crippen LogP contribution in [0.1, 0.15) is 15.9 Å². The molecule has 134 valence electrons. The van der Waals surface area contributed by atoms with E-state index in [-0.39, 0.29) is 21.9 Å². The summed E-state index contributed by atoms with van der Waals surface area (Å²) in [5.41, 5.74) is 0.403. The Kier molecular flexibility index (Phi) is 5.58. The van der Waals surface area contributed by atoms with Gasteiger partial charge in [-0.25, -0.2) is 22.0 Å². The van der Waals surface area contributed by atoms with Crippen molar-refractivity contribution in [3.05, 3.63) is 53.6 Å². The Balaban J connectivity index is 2.39. The van der Waals surface area contributed by atoms with Crippen LogP contribution in [0, 0.1) is 6.92 Å². The van der Waals surface area contributed by atoms with Gasteiger partial charge in [-0.2, -0.15) is 0 Å². The summed E-state index contributed by atoms with van der Waals surface area (Å²) in [6, 6.07) is 9.20. The van der Waals surface area contributed by atoms with Gasteiger partial charge >= 0.3 is 5.97 Å². The highest BCUT2D eigenvalue weighted by Gasteiger charge is 2.19. The normalized spacial score (nSPS) is 11.4. The molecule has 0 aromatic heterocycles. The topological polar surface area (TPSA) is 92.7 Å². The summed E-state index contributed by atoms with van der Waals surface area (Å²) in [5, 5.41) is 9.03. The summed E-state index contributed by atoms with van der Waals surface area (Å²) >= 11 is 0. The molecule has 0 atom stereocenters. The van der Waals surface area contributed by atoms with Crippen LogP contribution in [-0.2, 0) is 10.0 Å². The van der Waals surface area contributed by atoms with E-state index >= 15 is 0 Å². The van der Waals surface area contributed by atoms with Crippen molar-refractivity contribution in [2.45, 2.75) is 18.2 Å². The lowest BCUT2D eigenvalue weighted by molar-refractivity contribution is 0.0695. The van der Waals surface area contributed by atoms with Gasteiger partial charge in [0.1, 0.15) is 12.4 Å². The van der Waals surface area contributed by atoms with Gasteiger partial charge in [0.05, 0.1) is 16.1 Å². The maximum atomic E-state index is 12.4. The number of halogens is 2. The van der Waals surface area contributed by atoms with E-state index < -0.39 is 29.0 Å². The number of hydrogen-bond acceptors (Lipinski definition) is 4. The molecule has 2 N–H and O–H groups in total. The third-order valence-corrected chi connectivity index (χ3v) is 4.55. The number of ether oxygens (including phenoxy) is 1. The van der Waals surface area contributed by atoms with E-state index in [2.05, 4.69) is 4.72 Å². The molecule has 0 bridgehead atoms. The summed E-state index contributed by atoms with van der Waals surface area (Å²) < 4.78 is 56.6. The van der Waals surface area contributed by atoms with Gasteiger partial charge in [-0.15, -0.1) is 0 Å². The van der Waals surface area contributed by atoms with Crippen molar-refractivity contribution in [3.8, 4) is 5.75 Å². The van der Waals surface area contributed by atoms with Crippen LogP contribution in [0.25, 0.3) is 0 Å². The molecule has 2 aromatic carbocycles. The van der Waals surface area contributed by atoms with Gasteiger partial charge in [0.15, 0.2) is 0 Å². The number of carbonyl (C=O) groups is 1. The second kappa shape index (κ2) is 7.47. The van der Waals surface area contributed by atoms with Crippen molar-refractivity contribution in [2.75, 3.05) is 11.3 Å². The average Bonchev–Trinajstić information content (AvgIpc) is 2.53. The first-order chi connectivity index (χ1) is 11.7. The molecule has 2 rings (SSSR count). The van der Waals surface area contributed by atoms with Crippen molar-refractivity contribution in [1.29, 1.82) is 0 Å². The molecule has 0 saturated carbocycles. The predicted molar refractivity (Wildman–Crippen MR) is 86.9 cm³/mol. The number of carboxylic acid groups (broad SMARTS) is 1. The molecule has 2 aromatic rings. The Morgan fingerprint density at radius 2 is 1.84 bits per heavy atom. The third kappa shape index (κ3) is 4.90. The average molecular weight is 371 g/mol. The molecular weight excluding hydrogens is 356 g/mol. The van der Waals surface area contributed by atoms with Crippen LogP contribution in [0.15, 0.2) is 47.4 Å². The van der Waals surface area contributed by atoms with Crippen molar-refractivity contribution in [1.82, 2.24) is 0 Å². The minimum Gasteiger partial charge on any atom is -0.485 e. The van der Waals surface area contributed by atoms with Crippen molar-refractivity contribution in [3.63, 3.8) is 0 Å². The van der Waals surface area contributed by atoms with Crippen molar-refractivity contribution < 1.29 is 31.8 Å². The molecule has 0 aliphatic rings. The fraction of sp³-hybridized carbons (Fsp3) is 0.188. The molecule has 0 radical (unpaired) electrons. The fourth-order valence-electron chi connectivity index (χ4n) is 1.94. The summed E-state index contributed by atoms with van der Waals surface area (Å²) in [4.78, 5) is 11.0. The second-order valence-corrected chi connectivity index (χ2v) is 6.82. The number of benzene rings is 2. The quantitative estimate of drug-likeness (QED) is 0.780. The van der Waals surface area contributed by atoms with E-state index in [0.29, 0.717) is 0 Å². The molecular formula is C16H15F2NO5S. The number of carboxylic acids is 1. The first-order valence-electron chi connectivity index (χ1n) is 7.07. The number of nitrogens with one attached hydrogen (secondary N) is 1. The minimum atomic E-state index is -4.04. The molecule has 9 heteroatoms. The van der Waals surface area contributed by atoms with E-state index in [1.54, 1.807) is 19.1 Å². The zero-order valence-corrected chi connectivity index (χ0v) is 13.9. The van der Waals surface area contributed by atoms with Crippen LogP contribution < -0.4 is 9.46 Å². The molecule has 6 nitrogen and oxygen atoms in total. The van der Waals surface area contributed by atoms with Crippen LogP contribution in [0.5, 0.6) is 5.75 Å². The molecule has 0 aliphatic carbocycles. The predicted octanol–water partition coefficient (Wildman–Crippen LogP) is 3.14. The number of alkyl halides is 2. The van der Waals surface area contributed by atoms with E-state index in [1.807, 2.05) is 0 Å². The zero-order chi connectivity index (χ0) is 18.6. The number of aromatic carboxylic acids is 1. The number of aryl methyl sites for hydroxylation is 1. The highest BCUT2D eigenvalue weighted by molar-refractivity contribution is 7.92. The van der Waals surface area contributed by atoms with Crippen LogP contribution in [0.4, 0.5) is 14.5 Å². The molecule has 0 spiro atoms. The minimum absolute atomic E-state index is 0.0568. The molecule has 0 aliphatic heterocycles. The van der Waals surface area contributed by atoms with E-state index in [4.69, 9.17) is 9.84 Å². The van der Waals surface area contributed by atoms with E-state index in [0.717, 1.165) is 23.8 Å². The number of rotatable bonds is 7. The zero-order valence-electron chi connectivity index (χ0n) is 13.1. The van der Waals surface area contributed by atoms with Gasteiger partial charge in [-0.05, 0) is 37.3 Å². The Hall–Kier alpha value is -2.68. The van der Waals surface area contributed by atoms with Gasteiger partial charge in [0, 0.05) is 0 Å². The van der Waals surface area contributed by atoms with Gasteiger partial charge in [0.25, 0.3) is 16.4 Å². The molecule has 0 amide bonds. The highest BCUT2D eigenvalue weighted by atomic mass is 32.2. The summed E-state index contributed by atoms with van der Waals surface area (Å²) in [5.74, 6) is -1.49. The third-order valence-electron chi connectivity index (χ3n) is 3.17. The van der Waals surface area contributed by atoms with E-state index in [1.165, 1.54) is 12.1 Å². The Bertz CT molecular complexity index is 867. The van der Waals surface area contributed by atoms with Crippen molar-refractivity contribution >= 4 is 21.7 Å². The number of anilines is 1. The van der Waals surface area contributed by atoms with Gasteiger partial charge < -0.3 is 9.84 Å². The largest absolute Gasteiger partial charge is 0.485 e. The maximum absolute atomic E-state index is 12.4. The molecule has 0 saturated heterocycles. The molecule has 0 unspecified atom stereocenters. The maximum Gasteiger partial charge on any atom is 0.335 e. The molecule has 0 heterocycles. The molecule has 0 fully saturated rings. The first kappa shape index (κ1) is 18.7. The van der Waals surface area contributed by atoms with Crippen molar-refractivity contribution in [2.24, 2.45) is 0 Å². The Labute approximate surface area is 143 Å². The number of hydrogen-bond donors (Lipinski definition) is 2. The lowest BCUT2D eigenvalue weighted by Crippen LogP contribution is -2.15. The lowest BCUT2D eigenvalue weighted by atomic mass is 10.2. The van der Waals surface area contributed by atoms with Gasteiger partial charge in [0.2, 0.25) is 0 Å². The standard InChI is InChI=1S/C16H15F2NO5S/c1-10-2-5-12(6-3-10)25(22,23)19-13-8-11(16(20)21)4-7-14(13)24-9-15(17)18/h2-8,15,19H,9H2,1H3,(H,20,21). The Morgan fingerprint density at radius 1 is 1.20 bits per heavy atom. The van der Waals surface area contributed by atoms with Gasteiger partial charge in [-0.3, -0.25) is 4.72 Å². The van der Waals surface area contributed by atoms with E-state index in [9.17, 15) is 22.0 Å². The summed E-state index contributed by atoms with van der Waals surface area (Å²) in [6.45, 7) is 0.835. The van der Waals surface area contributed by atoms with Crippen LogP contribution in [0.2, 0.25) is 0 Å². The molecule has 25 heavy (non-hydrogen) atoms. The highest BCUT2D eigenvalue weighted by Crippen LogP contribution is 2.29. The van der Waals surface area contributed by atoms with Crippen LogP contribution in [-0.4, -0.2) is 32.5 Å². The monoisotopic (exact) mass is 371 g/mol. The second-order valence-electron chi connectivity index (χ2n) is 5.14. The Morgan fingerprint density at radius 3 is 2.40 bits per heavy atom. The van der Waals surface area contributed by atoms with Crippen LogP contribution in [0.3, 0.4) is 0 Å². The lowest BCUT2D eigenvalue weighted by Gasteiger charge is -2.14. The van der Waals surface area contributed by atoms with Gasteiger partial charge in [-0.1, -0.05) is 17.7 Å². The number of sulfonamides is 1. The first-order valence-corrected chi connectivity index (χ1v) is 8.55. The summed E-state index contributed by atoms with van der Waals surface area (Å²) in [7, 11) is -4.04.